The van der Waals surface area contributed by atoms with Crippen LogP contribution in [0.25, 0.3) is 12.2 Å². The van der Waals surface area contributed by atoms with Crippen LogP contribution in [0.4, 0.5) is 17.1 Å². The predicted molar refractivity (Wildman–Crippen MR) is 121 cm³/mol. The van der Waals surface area contributed by atoms with E-state index in [1.54, 1.807) is 0 Å². The molecule has 0 aromatic heterocycles. The molecule has 0 saturated heterocycles. The largest absolute Gasteiger partial charge is 0.310 e. The lowest BCUT2D eigenvalue weighted by molar-refractivity contribution is 1.27. The maximum absolute atomic E-state index is 2.29. The molecule has 0 radical (unpaired) electrons. The Morgan fingerprint density at radius 1 is 0.536 bits per heavy atom. The van der Waals surface area contributed by atoms with Crippen molar-refractivity contribution in [2.45, 2.75) is 6.92 Å². The molecule has 0 bridgehead atoms. The van der Waals surface area contributed by atoms with Gasteiger partial charge in [0.15, 0.2) is 0 Å². The highest BCUT2D eigenvalue weighted by molar-refractivity contribution is 5.79. The highest BCUT2D eigenvalue weighted by atomic mass is 15.1. The number of hydrogen-bond acceptors (Lipinski definition) is 1. The Hall–Kier alpha value is -3.58. The zero-order valence-electron chi connectivity index (χ0n) is 16.0. The minimum absolute atomic E-state index is 1.15. The molecule has 4 aromatic rings. The summed E-state index contributed by atoms with van der Waals surface area (Å²) < 4.78 is 0. The fourth-order valence-corrected chi connectivity index (χ4v) is 3.34. The van der Waals surface area contributed by atoms with Gasteiger partial charge in [-0.2, -0.15) is 0 Å². The molecule has 136 valence electrons. The fraction of sp³-hybridized carbons (Fsp3) is 0.0370. The van der Waals surface area contributed by atoms with Crippen molar-refractivity contribution in [1.82, 2.24) is 0 Å². The standard InChI is InChI=1S/C27H23N/c1-22-21-27(20-19-24(22)18-17-23-11-5-2-6-12-23)28(25-13-7-3-8-14-25)26-15-9-4-10-16-26/h2-21H,1H3. The van der Waals surface area contributed by atoms with Crippen LogP contribution in [-0.2, 0) is 0 Å². The molecule has 4 aromatic carbocycles. The van der Waals surface area contributed by atoms with Crippen molar-refractivity contribution < 1.29 is 0 Å². The first-order valence-corrected chi connectivity index (χ1v) is 9.55. The third kappa shape index (κ3) is 4.05. The zero-order chi connectivity index (χ0) is 19.2. The van der Waals surface area contributed by atoms with E-state index < -0.39 is 0 Å². The van der Waals surface area contributed by atoms with Crippen LogP contribution >= 0.6 is 0 Å². The third-order valence-electron chi connectivity index (χ3n) is 4.80. The molecule has 4 rings (SSSR count). The summed E-state index contributed by atoms with van der Waals surface area (Å²) in [6.45, 7) is 2.17. The Kier molecular flexibility index (Phi) is 5.35. The molecular weight excluding hydrogens is 338 g/mol. The van der Waals surface area contributed by atoms with E-state index in [-0.39, 0.29) is 0 Å². The van der Waals surface area contributed by atoms with Crippen molar-refractivity contribution in [3.8, 4) is 0 Å². The molecule has 1 heteroatoms. The third-order valence-corrected chi connectivity index (χ3v) is 4.80. The van der Waals surface area contributed by atoms with Gasteiger partial charge in [0.25, 0.3) is 0 Å². The number of aryl methyl sites for hydroxylation is 1. The van der Waals surface area contributed by atoms with Crippen LogP contribution in [-0.4, -0.2) is 0 Å². The highest BCUT2D eigenvalue weighted by Crippen LogP contribution is 2.35. The minimum atomic E-state index is 1.15. The first kappa shape index (κ1) is 17.8. The van der Waals surface area contributed by atoms with Gasteiger partial charge in [-0.15, -0.1) is 0 Å². The SMILES string of the molecule is Cc1cc(N(c2ccccc2)c2ccccc2)ccc1C=Cc1ccccc1. The normalized spacial score (nSPS) is 10.9. The maximum atomic E-state index is 2.29. The van der Waals surface area contributed by atoms with Gasteiger partial charge in [0, 0.05) is 17.1 Å². The molecule has 0 aliphatic heterocycles. The predicted octanol–water partition coefficient (Wildman–Crippen LogP) is 7.64. The van der Waals surface area contributed by atoms with Crippen molar-refractivity contribution in [3.05, 3.63) is 126 Å². The smallest absolute Gasteiger partial charge is 0.0464 e. The topological polar surface area (TPSA) is 3.24 Å². The number of hydrogen-bond donors (Lipinski definition) is 0. The first-order chi connectivity index (χ1) is 13.8. The average molecular weight is 361 g/mol. The molecule has 0 saturated carbocycles. The Morgan fingerprint density at radius 2 is 1.07 bits per heavy atom. The molecule has 0 fully saturated rings. The Labute approximate surface area is 167 Å². The van der Waals surface area contributed by atoms with Crippen molar-refractivity contribution in [3.63, 3.8) is 0 Å². The van der Waals surface area contributed by atoms with Gasteiger partial charge in [0.2, 0.25) is 0 Å². The molecule has 0 aliphatic rings. The van der Waals surface area contributed by atoms with Gasteiger partial charge in [0.1, 0.15) is 0 Å². The lowest BCUT2D eigenvalue weighted by atomic mass is 10.0. The maximum Gasteiger partial charge on any atom is 0.0464 e. The summed E-state index contributed by atoms with van der Waals surface area (Å²) in [5.41, 5.74) is 7.16. The quantitative estimate of drug-likeness (QED) is 0.330. The molecule has 0 amide bonds. The van der Waals surface area contributed by atoms with Gasteiger partial charge in [-0.1, -0.05) is 84.9 Å². The second-order valence-electron chi connectivity index (χ2n) is 6.79. The van der Waals surface area contributed by atoms with Crippen LogP contribution in [0.5, 0.6) is 0 Å². The van der Waals surface area contributed by atoms with E-state index in [0.29, 0.717) is 0 Å². The molecule has 0 N–H and O–H groups in total. The van der Waals surface area contributed by atoms with Crippen molar-refractivity contribution in [2.75, 3.05) is 4.90 Å². The summed E-state index contributed by atoms with van der Waals surface area (Å²) >= 11 is 0. The number of para-hydroxylation sites is 2. The number of benzene rings is 4. The molecule has 0 unspecified atom stereocenters. The van der Waals surface area contributed by atoms with E-state index in [1.165, 1.54) is 16.7 Å². The summed E-state index contributed by atoms with van der Waals surface area (Å²) in [7, 11) is 0. The van der Waals surface area contributed by atoms with Crippen LogP contribution in [0, 0.1) is 6.92 Å². The second-order valence-corrected chi connectivity index (χ2v) is 6.79. The van der Waals surface area contributed by atoms with Crippen LogP contribution in [0.2, 0.25) is 0 Å². The Bertz CT molecular complexity index is 1010. The van der Waals surface area contributed by atoms with Gasteiger partial charge in [-0.3, -0.25) is 0 Å². The van der Waals surface area contributed by atoms with Crippen LogP contribution < -0.4 is 4.90 Å². The van der Waals surface area contributed by atoms with E-state index >= 15 is 0 Å². The van der Waals surface area contributed by atoms with Crippen LogP contribution in [0.1, 0.15) is 16.7 Å². The van der Waals surface area contributed by atoms with E-state index in [1.807, 2.05) is 6.07 Å². The van der Waals surface area contributed by atoms with Crippen molar-refractivity contribution in [2.24, 2.45) is 0 Å². The summed E-state index contributed by atoms with van der Waals surface area (Å²) in [6, 6.07) is 38.0. The molecule has 0 aliphatic carbocycles. The van der Waals surface area contributed by atoms with Gasteiger partial charge >= 0.3 is 0 Å². The summed E-state index contributed by atoms with van der Waals surface area (Å²) in [6.07, 6.45) is 4.35. The lowest BCUT2D eigenvalue weighted by Crippen LogP contribution is -2.09. The molecule has 0 atom stereocenters. The van der Waals surface area contributed by atoms with Gasteiger partial charge in [-0.25, -0.2) is 0 Å². The van der Waals surface area contributed by atoms with E-state index in [9.17, 15) is 0 Å². The first-order valence-electron chi connectivity index (χ1n) is 9.55. The van der Waals surface area contributed by atoms with Gasteiger partial charge in [0.05, 0.1) is 0 Å². The number of anilines is 3. The van der Waals surface area contributed by atoms with E-state index in [4.69, 9.17) is 0 Å². The fourth-order valence-electron chi connectivity index (χ4n) is 3.34. The van der Waals surface area contributed by atoms with Crippen LogP contribution in [0.15, 0.2) is 109 Å². The zero-order valence-corrected chi connectivity index (χ0v) is 16.0. The molecule has 28 heavy (non-hydrogen) atoms. The minimum Gasteiger partial charge on any atom is -0.310 e. The van der Waals surface area contributed by atoms with Crippen molar-refractivity contribution >= 4 is 29.2 Å². The Balaban J connectivity index is 1.70. The monoisotopic (exact) mass is 361 g/mol. The second kappa shape index (κ2) is 8.41. The number of rotatable bonds is 5. The van der Waals surface area contributed by atoms with Gasteiger partial charge < -0.3 is 4.90 Å². The van der Waals surface area contributed by atoms with E-state index in [0.717, 1.165) is 17.1 Å². The lowest BCUT2D eigenvalue weighted by Gasteiger charge is -2.26. The molecule has 1 nitrogen and oxygen atoms in total. The van der Waals surface area contributed by atoms with Crippen LogP contribution in [0.3, 0.4) is 0 Å². The number of nitrogens with zero attached hydrogens (tertiary/aromatic N) is 1. The molecular formula is C27H23N. The van der Waals surface area contributed by atoms with Crippen molar-refractivity contribution in [1.29, 1.82) is 0 Å². The summed E-state index contributed by atoms with van der Waals surface area (Å²) in [4.78, 5) is 2.29. The molecule has 0 heterocycles. The van der Waals surface area contributed by atoms with E-state index in [2.05, 4.69) is 127 Å². The highest BCUT2D eigenvalue weighted by Gasteiger charge is 2.12. The molecule has 0 spiro atoms. The summed E-state index contributed by atoms with van der Waals surface area (Å²) in [5, 5.41) is 0. The average Bonchev–Trinajstić information content (AvgIpc) is 2.76. The summed E-state index contributed by atoms with van der Waals surface area (Å²) in [5.74, 6) is 0. The Morgan fingerprint density at radius 3 is 1.61 bits per heavy atom. The van der Waals surface area contributed by atoms with Gasteiger partial charge in [-0.05, 0) is 60.0 Å².